The zero-order valence-corrected chi connectivity index (χ0v) is 9.63. The first kappa shape index (κ1) is 10.5. The highest BCUT2D eigenvalue weighted by atomic mass is 14.9. The molecule has 1 aromatic carbocycles. The zero-order chi connectivity index (χ0) is 10.5. The monoisotopic (exact) mass is 203 g/mol. The molecule has 0 aliphatic heterocycles. The van der Waals surface area contributed by atoms with E-state index in [4.69, 9.17) is 0 Å². The van der Waals surface area contributed by atoms with Gasteiger partial charge < -0.3 is 5.32 Å². The summed E-state index contributed by atoms with van der Waals surface area (Å²) >= 11 is 0. The normalized spacial score (nSPS) is 17.7. The van der Waals surface area contributed by atoms with Crippen molar-refractivity contribution in [3.8, 4) is 0 Å². The second kappa shape index (κ2) is 5.20. The zero-order valence-electron chi connectivity index (χ0n) is 9.63. The van der Waals surface area contributed by atoms with Crippen molar-refractivity contribution in [2.75, 3.05) is 11.9 Å². The molecule has 1 aliphatic carbocycles. The lowest BCUT2D eigenvalue weighted by atomic mass is 9.83. The Bertz CT molecular complexity index is 300. The van der Waals surface area contributed by atoms with E-state index in [9.17, 15) is 0 Å². The van der Waals surface area contributed by atoms with E-state index < -0.39 is 0 Å². The summed E-state index contributed by atoms with van der Waals surface area (Å²) in [7, 11) is 0. The largest absolute Gasteiger partial charge is 0.385 e. The second-order valence-electron chi connectivity index (χ2n) is 4.45. The van der Waals surface area contributed by atoms with Gasteiger partial charge in [-0.2, -0.15) is 0 Å². The summed E-state index contributed by atoms with van der Waals surface area (Å²) in [6, 6.07) is 8.82. The summed E-state index contributed by atoms with van der Waals surface area (Å²) in [4.78, 5) is 0. The first-order valence-corrected chi connectivity index (χ1v) is 6.24. The van der Waals surface area contributed by atoms with Crippen molar-refractivity contribution in [3.05, 3.63) is 29.8 Å². The fourth-order valence-corrected chi connectivity index (χ4v) is 2.62. The van der Waals surface area contributed by atoms with E-state index >= 15 is 0 Å². The summed E-state index contributed by atoms with van der Waals surface area (Å²) in [5.41, 5.74) is 2.89. The predicted octanol–water partition coefficient (Wildman–Crippen LogP) is 4.17. The molecule has 1 aromatic rings. The first-order valence-electron chi connectivity index (χ1n) is 6.24. The van der Waals surface area contributed by atoms with Gasteiger partial charge in [-0.15, -0.1) is 0 Å². The van der Waals surface area contributed by atoms with Crippen molar-refractivity contribution in [2.24, 2.45) is 0 Å². The molecule has 1 heteroatoms. The van der Waals surface area contributed by atoms with Gasteiger partial charge in [-0.3, -0.25) is 0 Å². The van der Waals surface area contributed by atoms with Crippen LogP contribution in [0.2, 0.25) is 0 Å². The fourth-order valence-electron chi connectivity index (χ4n) is 2.62. The molecule has 1 nitrogen and oxygen atoms in total. The van der Waals surface area contributed by atoms with Crippen LogP contribution in [0.3, 0.4) is 0 Å². The highest BCUT2D eigenvalue weighted by molar-refractivity contribution is 5.52. The van der Waals surface area contributed by atoms with E-state index in [1.807, 2.05) is 0 Å². The van der Waals surface area contributed by atoms with Crippen LogP contribution in [0.15, 0.2) is 24.3 Å². The van der Waals surface area contributed by atoms with E-state index in [1.165, 1.54) is 37.8 Å². The first-order chi connectivity index (χ1) is 7.42. The topological polar surface area (TPSA) is 12.0 Å². The molecule has 1 N–H and O–H groups in total. The molecule has 0 aromatic heterocycles. The third-order valence-electron chi connectivity index (χ3n) is 3.37. The van der Waals surface area contributed by atoms with Crippen molar-refractivity contribution in [1.29, 1.82) is 0 Å². The Morgan fingerprint density at radius 2 is 1.87 bits per heavy atom. The number of hydrogen-bond donors (Lipinski definition) is 1. The van der Waals surface area contributed by atoms with E-state index in [1.54, 1.807) is 5.56 Å². The maximum absolute atomic E-state index is 3.47. The second-order valence-corrected chi connectivity index (χ2v) is 4.45. The van der Waals surface area contributed by atoms with Crippen molar-refractivity contribution in [1.82, 2.24) is 0 Å². The molecule has 1 aliphatic rings. The van der Waals surface area contributed by atoms with Gasteiger partial charge in [0.2, 0.25) is 0 Å². The minimum absolute atomic E-state index is 0.800. The SMILES string of the molecule is CCNc1ccccc1C1CCCCC1. The van der Waals surface area contributed by atoms with Crippen molar-refractivity contribution in [3.63, 3.8) is 0 Å². The van der Waals surface area contributed by atoms with E-state index in [-0.39, 0.29) is 0 Å². The predicted molar refractivity (Wildman–Crippen MR) is 66.4 cm³/mol. The summed E-state index contributed by atoms with van der Waals surface area (Å²) in [5.74, 6) is 0.800. The Morgan fingerprint density at radius 1 is 1.13 bits per heavy atom. The van der Waals surface area contributed by atoms with Crippen LogP contribution in [0.1, 0.15) is 50.5 Å². The van der Waals surface area contributed by atoms with Crippen LogP contribution in [0.25, 0.3) is 0 Å². The highest BCUT2D eigenvalue weighted by Crippen LogP contribution is 2.36. The van der Waals surface area contributed by atoms with Crippen LogP contribution >= 0.6 is 0 Å². The lowest BCUT2D eigenvalue weighted by molar-refractivity contribution is 0.444. The average Bonchev–Trinajstić information content (AvgIpc) is 2.31. The molecule has 1 saturated carbocycles. The molecule has 2 rings (SSSR count). The lowest BCUT2D eigenvalue weighted by Crippen LogP contribution is -2.08. The van der Waals surface area contributed by atoms with Crippen LogP contribution in [-0.4, -0.2) is 6.54 Å². The van der Waals surface area contributed by atoms with Crippen molar-refractivity contribution < 1.29 is 0 Å². The van der Waals surface area contributed by atoms with Gasteiger partial charge in [0.1, 0.15) is 0 Å². The Hall–Kier alpha value is -0.980. The third kappa shape index (κ3) is 2.53. The molecule has 82 valence electrons. The lowest BCUT2D eigenvalue weighted by Gasteiger charge is -2.24. The molecular formula is C14H21N. The Labute approximate surface area is 92.9 Å². The van der Waals surface area contributed by atoms with Crippen LogP contribution in [-0.2, 0) is 0 Å². The smallest absolute Gasteiger partial charge is 0.0375 e. The van der Waals surface area contributed by atoms with E-state index in [2.05, 4.69) is 36.5 Å². The molecule has 0 saturated heterocycles. The van der Waals surface area contributed by atoms with Gasteiger partial charge in [-0.05, 0) is 37.3 Å². The molecule has 0 atom stereocenters. The van der Waals surface area contributed by atoms with Gasteiger partial charge in [0.25, 0.3) is 0 Å². The van der Waals surface area contributed by atoms with Gasteiger partial charge in [-0.1, -0.05) is 37.5 Å². The minimum atomic E-state index is 0.800. The van der Waals surface area contributed by atoms with Gasteiger partial charge in [0, 0.05) is 12.2 Å². The summed E-state index contributed by atoms with van der Waals surface area (Å²) in [5, 5.41) is 3.47. The minimum Gasteiger partial charge on any atom is -0.385 e. The molecule has 0 heterocycles. The number of rotatable bonds is 3. The number of benzene rings is 1. The number of nitrogens with one attached hydrogen (secondary N) is 1. The Morgan fingerprint density at radius 3 is 2.60 bits per heavy atom. The summed E-state index contributed by atoms with van der Waals surface area (Å²) < 4.78 is 0. The van der Waals surface area contributed by atoms with Crippen LogP contribution in [0, 0.1) is 0 Å². The van der Waals surface area contributed by atoms with E-state index in [0.717, 1.165) is 12.5 Å². The highest BCUT2D eigenvalue weighted by Gasteiger charge is 2.17. The van der Waals surface area contributed by atoms with Crippen molar-refractivity contribution in [2.45, 2.75) is 44.9 Å². The molecule has 0 bridgehead atoms. The van der Waals surface area contributed by atoms with Crippen molar-refractivity contribution >= 4 is 5.69 Å². The Balaban J connectivity index is 2.17. The summed E-state index contributed by atoms with van der Waals surface area (Å²) in [6.07, 6.45) is 7.00. The quantitative estimate of drug-likeness (QED) is 0.777. The summed E-state index contributed by atoms with van der Waals surface area (Å²) in [6.45, 7) is 3.18. The molecule has 15 heavy (non-hydrogen) atoms. The molecule has 0 amide bonds. The maximum atomic E-state index is 3.47. The standard InChI is InChI=1S/C14H21N/c1-2-15-14-11-7-6-10-13(14)12-8-4-3-5-9-12/h6-7,10-12,15H,2-5,8-9H2,1H3. The average molecular weight is 203 g/mol. The number of anilines is 1. The van der Waals surface area contributed by atoms with Gasteiger partial charge in [0.15, 0.2) is 0 Å². The van der Waals surface area contributed by atoms with Crippen LogP contribution in [0.4, 0.5) is 5.69 Å². The van der Waals surface area contributed by atoms with Gasteiger partial charge in [-0.25, -0.2) is 0 Å². The fraction of sp³-hybridized carbons (Fsp3) is 0.571. The van der Waals surface area contributed by atoms with Gasteiger partial charge >= 0.3 is 0 Å². The van der Waals surface area contributed by atoms with E-state index in [0.29, 0.717) is 0 Å². The third-order valence-corrected chi connectivity index (χ3v) is 3.37. The molecule has 1 fully saturated rings. The maximum Gasteiger partial charge on any atom is 0.0375 e. The van der Waals surface area contributed by atoms with Crippen LogP contribution in [0.5, 0.6) is 0 Å². The Kier molecular flexibility index (Phi) is 3.65. The molecular weight excluding hydrogens is 182 g/mol. The molecule has 0 radical (unpaired) electrons. The molecule has 0 unspecified atom stereocenters. The van der Waals surface area contributed by atoms with Gasteiger partial charge in [0.05, 0.1) is 0 Å². The van der Waals surface area contributed by atoms with Crippen LogP contribution < -0.4 is 5.32 Å². The number of hydrogen-bond acceptors (Lipinski definition) is 1. The molecule has 0 spiro atoms. The number of para-hydroxylation sites is 1.